The molecule has 0 radical (unpaired) electrons. The molecule has 1 aromatic carbocycles. The fraction of sp³-hybridized carbons (Fsp3) is 0.182. The van der Waals surface area contributed by atoms with Crippen molar-refractivity contribution >= 4 is 16.9 Å². The van der Waals surface area contributed by atoms with Gasteiger partial charge in [0.05, 0.1) is 5.75 Å². The van der Waals surface area contributed by atoms with Crippen molar-refractivity contribution in [1.29, 1.82) is 0 Å². The largest absolute Gasteiger partial charge is 0.505 e. The van der Waals surface area contributed by atoms with Crippen molar-refractivity contribution in [3.63, 3.8) is 0 Å². The van der Waals surface area contributed by atoms with Crippen molar-refractivity contribution in [1.82, 2.24) is 0 Å². The fourth-order valence-corrected chi connectivity index (χ4v) is 1.21. The highest BCUT2D eigenvalue weighted by molar-refractivity contribution is 8.13. The summed E-state index contributed by atoms with van der Waals surface area (Å²) in [4.78, 5) is 10.6. The van der Waals surface area contributed by atoms with Crippen LogP contribution in [0.4, 0.5) is 4.39 Å². The first-order chi connectivity index (χ1) is 7.09. The molecule has 1 rings (SSSR count). The topological polar surface area (TPSA) is 37.3 Å². The van der Waals surface area contributed by atoms with E-state index in [9.17, 15) is 9.18 Å². The molecule has 4 heteroatoms. The van der Waals surface area contributed by atoms with Crippen LogP contribution in [0, 0.1) is 17.7 Å². The Kier molecular flexibility index (Phi) is 4.19. The van der Waals surface area contributed by atoms with Crippen LogP contribution in [-0.4, -0.2) is 16.0 Å². The van der Waals surface area contributed by atoms with Gasteiger partial charge in [-0.1, -0.05) is 23.6 Å². The number of hydrogen-bond acceptors (Lipinski definition) is 3. The van der Waals surface area contributed by atoms with E-state index < -0.39 is 11.6 Å². The number of halogens is 1. The Morgan fingerprint density at radius 1 is 1.60 bits per heavy atom. The Morgan fingerprint density at radius 3 is 2.93 bits per heavy atom. The Hall–Kier alpha value is -1.47. The molecule has 0 saturated heterocycles. The molecule has 15 heavy (non-hydrogen) atoms. The second kappa shape index (κ2) is 5.42. The van der Waals surface area contributed by atoms with Gasteiger partial charge in [0.1, 0.15) is 0 Å². The van der Waals surface area contributed by atoms with Crippen LogP contribution in [0.2, 0.25) is 0 Å². The fourth-order valence-electron chi connectivity index (χ4n) is 0.861. The average Bonchev–Trinajstić information content (AvgIpc) is 2.18. The zero-order valence-electron chi connectivity index (χ0n) is 8.08. The lowest BCUT2D eigenvalue weighted by Crippen LogP contribution is -1.83. The number of carbonyl (C=O) groups is 1. The van der Waals surface area contributed by atoms with E-state index >= 15 is 0 Å². The molecule has 0 aliphatic rings. The maximum absolute atomic E-state index is 12.8. The Morgan fingerprint density at radius 2 is 2.33 bits per heavy atom. The summed E-state index contributed by atoms with van der Waals surface area (Å²) in [6, 6.07) is 3.92. The van der Waals surface area contributed by atoms with Gasteiger partial charge in [0, 0.05) is 12.5 Å². The third kappa shape index (κ3) is 4.05. The molecule has 1 aromatic rings. The van der Waals surface area contributed by atoms with Crippen LogP contribution < -0.4 is 0 Å². The van der Waals surface area contributed by atoms with Crippen molar-refractivity contribution in [3.8, 4) is 17.6 Å². The van der Waals surface area contributed by atoms with Crippen LogP contribution in [0.15, 0.2) is 18.2 Å². The first-order valence-electron chi connectivity index (χ1n) is 4.20. The molecule has 0 atom stereocenters. The summed E-state index contributed by atoms with van der Waals surface area (Å²) in [5, 5.41) is 8.92. The summed E-state index contributed by atoms with van der Waals surface area (Å²) in [6.45, 7) is 1.46. The van der Waals surface area contributed by atoms with E-state index in [1.54, 1.807) is 0 Å². The van der Waals surface area contributed by atoms with Crippen LogP contribution in [0.25, 0.3) is 0 Å². The number of phenolic OH excluding ortho intramolecular Hbond substituents is 1. The smallest absolute Gasteiger partial charge is 0.186 e. The van der Waals surface area contributed by atoms with Gasteiger partial charge in [-0.2, -0.15) is 0 Å². The summed E-state index contributed by atoms with van der Waals surface area (Å²) in [7, 11) is 0. The average molecular weight is 224 g/mol. The Bertz CT molecular complexity index is 432. The molecule has 78 valence electrons. The third-order valence-electron chi connectivity index (χ3n) is 1.53. The number of carbonyl (C=O) groups excluding carboxylic acids is 1. The van der Waals surface area contributed by atoms with Gasteiger partial charge in [0.15, 0.2) is 16.7 Å². The molecule has 0 unspecified atom stereocenters. The highest BCUT2D eigenvalue weighted by atomic mass is 32.2. The van der Waals surface area contributed by atoms with Crippen molar-refractivity contribution < 1.29 is 14.3 Å². The van der Waals surface area contributed by atoms with Gasteiger partial charge in [0.25, 0.3) is 0 Å². The van der Waals surface area contributed by atoms with E-state index in [4.69, 9.17) is 5.11 Å². The second-order valence-electron chi connectivity index (χ2n) is 2.75. The predicted molar refractivity (Wildman–Crippen MR) is 58.1 cm³/mol. The lowest BCUT2D eigenvalue weighted by Gasteiger charge is -1.94. The molecule has 0 heterocycles. The first kappa shape index (κ1) is 11.6. The van der Waals surface area contributed by atoms with Gasteiger partial charge in [-0.15, -0.1) is 0 Å². The lowest BCUT2D eigenvalue weighted by molar-refractivity contribution is -0.109. The zero-order valence-corrected chi connectivity index (χ0v) is 8.90. The Balaban J connectivity index is 2.64. The normalized spacial score (nSPS) is 9.20. The number of rotatable bonds is 1. The van der Waals surface area contributed by atoms with Gasteiger partial charge in [-0.05, 0) is 18.2 Å². The number of hydrogen-bond donors (Lipinski definition) is 1. The van der Waals surface area contributed by atoms with Crippen molar-refractivity contribution in [2.75, 3.05) is 5.75 Å². The summed E-state index contributed by atoms with van der Waals surface area (Å²) < 4.78 is 12.8. The minimum absolute atomic E-state index is 0.00110. The predicted octanol–water partition coefficient (Wildman–Crippen LogP) is 2.16. The van der Waals surface area contributed by atoms with Gasteiger partial charge in [-0.25, -0.2) is 4.39 Å². The molecule has 0 aliphatic heterocycles. The molecular formula is C11H9FO2S. The molecule has 0 saturated carbocycles. The summed E-state index contributed by atoms with van der Waals surface area (Å²) >= 11 is 1.10. The van der Waals surface area contributed by atoms with E-state index in [-0.39, 0.29) is 5.12 Å². The third-order valence-corrected chi connectivity index (χ3v) is 2.22. The lowest BCUT2D eigenvalue weighted by atomic mass is 10.2. The number of benzene rings is 1. The van der Waals surface area contributed by atoms with Gasteiger partial charge in [0.2, 0.25) is 0 Å². The zero-order chi connectivity index (χ0) is 11.3. The molecule has 0 fully saturated rings. The van der Waals surface area contributed by atoms with Crippen LogP contribution >= 0.6 is 11.8 Å². The molecule has 0 aliphatic carbocycles. The molecule has 2 nitrogen and oxygen atoms in total. The van der Waals surface area contributed by atoms with E-state index in [1.165, 1.54) is 19.1 Å². The van der Waals surface area contributed by atoms with Crippen molar-refractivity contribution in [3.05, 3.63) is 29.6 Å². The van der Waals surface area contributed by atoms with E-state index in [2.05, 4.69) is 11.8 Å². The molecule has 0 aromatic heterocycles. The van der Waals surface area contributed by atoms with Crippen molar-refractivity contribution in [2.24, 2.45) is 0 Å². The monoisotopic (exact) mass is 224 g/mol. The second-order valence-corrected chi connectivity index (χ2v) is 3.90. The van der Waals surface area contributed by atoms with Gasteiger partial charge in [-0.3, -0.25) is 4.79 Å². The van der Waals surface area contributed by atoms with Crippen LogP contribution in [0.5, 0.6) is 5.75 Å². The van der Waals surface area contributed by atoms with Crippen LogP contribution in [-0.2, 0) is 4.79 Å². The van der Waals surface area contributed by atoms with Crippen LogP contribution in [0.3, 0.4) is 0 Å². The summed E-state index contributed by atoms with van der Waals surface area (Å²) in [5.41, 5.74) is 0.481. The van der Waals surface area contributed by atoms with Crippen molar-refractivity contribution in [2.45, 2.75) is 6.92 Å². The summed E-state index contributed by atoms with van der Waals surface area (Å²) in [5.74, 6) is 4.72. The Labute approximate surface area is 91.5 Å². The molecule has 0 amide bonds. The van der Waals surface area contributed by atoms with Gasteiger partial charge < -0.3 is 5.11 Å². The first-order valence-corrected chi connectivity index (χ1v) is 5.19. The van der Waals surface area contributed by atoms with Crippen LogP contribution in [0.1, 0.15) is 12.5 Å². The number of phenols is 1. The quantitative estimate of drug-likeness (QED) is 0.743. The standard InChI is InChI=1S/C11H9FO2S/c1-8(13)15-6-2-3-9-4-5-11(14)10(12)7-9/h4-5,7,14H,6H2,1H3. The molecule has 0 spiro atoms. The number of aromatic hydroxyl groups is 1. The molecular weight excluding hydrogens is 215 g/mol. The SMILES string of the molecule is CC(=O)SCC#Cc1ccc(O)c(F)c1. The highest BCUT2D eigenvalue weighted by Gasteiger charge is 1.98. The van der Waals surface area contributed by atoms with Gasteiger partial charge >= 0.3 is 0 Å². The van der Waals surface area contributed by atoms with E-state index in [1.807, 2.05) is 0 Å². The van der Waals surface area contributed by atoms with E-state index in [0.717, 1.165) is 17.8 Å². The number of thioether (sulfide) groups is 1. The molecule has 0 bridgehead atoms. The summed E-state index contributed by atoms with van der Waals surface area (Å²) in [6.07, 6.45) is 0. The highest BCUT2D eigenvalue weighted by Crippen LogP contribution is 2.15. The minimum atomic E-state index is -0.693. The maximum atomic E-state index is 12.8. The molecule has 1 N–H and O–H groups in total. The maximum Gasteiger partial charge on any atom is 0.186 e. The minimum Gasteiger partial charge on any atom is -0.505 e. The van der Waals surface area contributed by atoms with E-state index in [0.29, 0.717) is 11.3 Å².